The van der Waals surface area contributed by atoms with Crippen LogP contribution in [0.2, 0.25) is 0 Å². The molecule has 0 saturated heterocycles. The van der Waals surface area contributed by atoms with Crippen LogP contribution in [0, 0.1) is 12.3 Å². The van der Waals surface area contributed by atoms with Crippen molar-refractivity contribution in [2.45, 2.75) is 18.9 Å². The molecule has 1 aromatic rings. The van der Waals surface area contributed by atoms with Crippen molar-refractivity contribution in [2.75, 3.05) is 21.3 Å². The van der Waals surface area contributed by atoms with Gasteiger partial charge in [-0.2, -0.15) is 0 Å². The molecule has 0 bridgehead atoms. The van der Waals surface area contributed by atoms with Gasteiger partial charge in [-0.05, 0) is 12.5 Å². The number of rotatable bonds is 6. The first kappa shape index (κ1) is 14.2. The van der Waals surface area contributed by atoms with Gasteiger partial charge in [0.1, 0.15) is 5.75 Å². The Bertz CT molecular complexity index is 434. The Balaban J connectivity index is 3.13. The number of ether oxygens (including phenoxy) is 3. The lowest BCUT2D eigenvalue weighted by Crippen LogP contribution is -2.02. The zero-order valence-electron chi connectivity index (χ0n) is 10.9. The van der Waals surface area contributed by atoms with Gasteiger partial charge in [0.2, 0.25) is 0 Å². The Morgan fingerprint density at radius 1 is 1.11 bits per heavy atom. The molecule has 98 valence electrons. The third-order valence-corrected chi connectivity index (χ3v) is 2.66. The molecule has 0 aliphatic carbocycles. The van der Waals surface area contributed by atoms with Crippen LogP contribution in [-0.2, 0) is 0 Å². The summed E-state index contributed by atoms with van der Waals surface area (Å²) in [5, 5.41) is 10.1. The Hall–Kier alpha value is -1.86. The Labute approximate surface area is 107 Å². The van der Waals surface area contributed by atoms with Crippen molar-refractivity contribution >= 4 is 0 Å². The monoisotopic (exact) mass is 250 g/mol. The lowest BCUT2D eigenvalue weighted by Gasteiger charge is -2.17. The highest BCUT2D eigenvalue weighted by molar-refractivity contribution is 5.51. The van der Waals surface area contributed by atoms with E-state index in [1.54, 1.807) is 33.5 Å². The Morgan fingerprint density at radius 2 is 1.67 bits per heavy atom. The second kappa shape index (κ2) is 6.77. The second-order valence-electron chi connectivity index (χ2n) is 3.71. The molecule has 1 atom stereocenters. The van der Waals surface area contributed by atoms with E-state index in [2.05, 4.69) is 5.92 Å². The molecule has 0 spiro atoms. The fourth-order valence-electron chi connectivity index (χ4n) is 1.69. The first-order chi connectivity index (χ1) is 8.67. The number of aliphatic hydroxyl groups is 1. The zero-order chi connectivity index (χ0) is 13.5. The summed E-state index contributed by atoms with van der Waals surface area (Å²) in [6.45, 7) is 0. The molecule has 0 fully saturated rings. The smallest absolute Gasteiger partial charge is 0.164 e. The van der Waals surface area contributed by atoms with Gasteiger partial charge in [0.15, 0.2) is 11.5 Å². The van der Waals surface area contributed by atoms with Gasteiger partial charge < -0.3 is 19.3 Å². The van der Waals surface area contributed by atoms with Crippen LogP contribution < -0.4 is 14.2 Å². The van der Waals surface area contributed by atoms with Crippen LogP contribution in [0.1, 0.15) is 24.5 Å². The molecular formula is C14H18O4. The average molecular weight is 250 g/mol. The van der Waals surface area contributed by atoms with E-state index in [0.29, 0.717) is 35.7 Å². The molecular weight excluding hydrogens is 232 g/mol. The maximum Gasteiger partial charge on any atom is 0.164 e. The first-order valence-corrected chi connectivity index (χ1v) is 5.59. The third-order valence-electron chi connectivity index (χ3n) is 2.66. The van der Waals surface area contributed by atoms with Crippen LogP contribution in [-0.4, -0.2) is 26.4 Å². The van der Waals surface area contributed by atoms with Crippen LogP contribution >= 0.6 is 0 Å². The molecule has 4 heteroatoms. The van der Waals surface area contributed by atoms with Crippen LogP contribution in [0.15, 0.2) is 12.1 Å². The largest absolute Gasteiger partial charge is 0.496 e. The number of terminal acetylenes is 1. The summed E-state index contributed by atoms with van der Waals surface area (Å²) in [4.78, 5) is 0. The quantitative estimate of drug-likeness (QED) is 0.786. The number of hydrogen-bond donors (Lipinski definition) is 1. The normalized spacial score (nSPS) is 11.5. The molecule has 0 heterocycles. The van der Waals surface area contributed by atoms with Crippen molar-refractivity contribution < 1.29 is 19.3 Å². The fraction of sp³-hybridized carbons (Fsp3) is 0.429. The second-order valence-corrected chi connectivity index (χ2v) is 3.71. The van der Waals surface area contributed by atoms with Crippen LogP contribution in [0.25, 0.3) is 0 Å². The highest BCUT2D eigenvalue weighted by Gasteiger charge is 2.17. The molecule has 0 radical (unpaired) electrons. The minimum Gasteiger partial charge on any atom is -0.496 e. The lowest BCUT2D eigenvalue weighted by molar-refractivity contribution is 0.164. The standard InChI is InChI=1S/C14H18O4/c1-5-6-7-11(15)10-8-13(17-3)14(18-4)9-12(10)16-2/h1,8-9,11,15H,6-7H2,2-4H3. The van der Waals surface area contributed by atoms with Crippen molar-refractivity contribution in [3.8, 4) is 29.6 Å². The van der Waals surface area contributed by atoms with Gasteiger partial charge in [-0.3, -0.25) is 0 Å². The molecule has 0 aliphatic heterocycles. The summed E-state index contributed by atoms with van der Waals surface area (Å²) in [6.07, 6.45) is 5.48. The van der Waals surface area contributed by atoms with E-state index in [1.807, 2.05) is 0 Å². The van der Waals surface area contributed by atoms with E-state index in [0.717, 1.165) is 0 Å². The molecule has 0 aliphatic rings. The van der Waals surface area contributed by atoms with Crippen LogP contribution in [0.5, 0.6) is 17.2 Å². The van der Waals surface area contributed by atoms with Gasteiger partial charge in [-0.25, -0.2) is 0 Å². The molecule has 1 aromatic carbocycles. The van der Waals surface area contributed by atoms with E-state index in [-0.39, 0.29) is 0 Å². The highest BCUT2D eigenvalue weighted by Crippen LogP contribution is 2.38. The Kier molecular flexibility index (Phi) is 5.34. The SMILES string of the molecule is C#CCCC(O)c1cc(OC)c(OC)cc1OC. The average Bonchev–Trinajstić information content (AvgIpc) is 2.42. The molecule has 0 saturated carbocycles. The summed E-state index contributed by atoms with van der Waals surface area (Å²) in [7, 11) is 4.63. The summed E-state index contributed by atoms with van der Waals surface area (Å²) >= 11 is 0. The molecule has 1 unspecified atom stereocenters. The minimum absolute atomic E-state index is 0.475. The van der Waals surface area contributed by atoms with Gasteiger partial charge in [0.05, 0.1) is 27.4 Å². The summed E-state index contributed by atoms with van der Waals surface area (Å²) < 4.78 is 15.6. The fourth-order valence-corrected chi connectivity index (χ4v) is 1.69. The van der Waals surface area contributed by atoms with E-state index < -0.39 is 6.10 Å². The predicted molar refractivity (Wildman–Crippen MR) is 69.1 cm³/mol. The molecule has 0 amide bonds. The number of aliphatic hydroxyl groups excluding tert-OH is 1. The molecule has 1 rings (SSSR count). The van der Waals surface area contributed by atoms with E-state index >= 15 is 0 Å². The zero-order valence-corrected chi connectivity index (χ0v) is 10.9. The van der Waals surface area contributed by atoms with Crippen molar-refractivity contribution in [3.63, 3.8) is 0 Å². The highest BCUT2D eigenvalue weighted by atomic mass is 16.5. The summed E-state index contributed by atoms with van der Waals surface area (Å²) in [6, 6.07) is 3.39. The first-order valence-electron chi connectivity index (χ1n) is 5.59. The minimum atomic E-state index is -0.684. The number of methoxy groups -OCH3 is 3. The number of benzene rings is 1. The van der Waals surface area contributed by atoms with Gasteiger partial charge >= 0.3 is 0 Å². The van der Waals surface area contributed by atoms with E-state index in [4.69, 9.17) is 20.6 Å². The molecule has 18 heavy (non-hydrogen) atoms. The lowest BCUT2D eigenvalue weighted by atomic mass is 10.0. The molecule has 0 aromatic heterocycles. The third kappa shape index (κ3) is 3.08. The van der Waals surface area contributed by atoms with Crippen LogP contribution in [0.4, 0.5) is 0 Å². The van der Waals surface area contributed by atoms with Crippen molar-refractivity contribution in [3.05, 3.63) is 17.7 Å². The van der Waals surface area contributed by atoms with Gasteiger partial charge in [-0.15, -0.1) is 12.3 Å². The predicted octanol–water partition coefficient (Wildman–Crippen LogP) is 2.16. The topological polar surface area (TPSA) is 47.9 Å². The molecule has 4 nitrogen and oxygen atoms in total. The Morgan fingerprint density at radius 3 is 2.17 bits per heavy atom. The maximum absolute atomic E-state index is 10.1. The van der Waals surface area contributed by atoms with Gasteiger partial charge in [0.25, 0.3) is 0 Å². The molecule has 1 N–H and O–H groups in total. The van der Waals surface area contributed by atoms with Crippen LogP contribution in [0.3, 0.4) is 0 Å². The van der Waals surface area contributed by atoms with E-state index in [1.165, 1.54) is 0 Å². The van der Waals surface area contributed by atoms with Crippen molar-refractivity contribution in [2.24, 2.45) is 0 Å². The van der Waals surface area contributed by atoms with Gasteiger partial charge in [0, 0.05) is 18.1 Å². The van der Waals surface area contributed by atoms with E-state index in [9.17, 15) is 5.11 Å². The van der Waals surface area contributed by atoms with Crippen molar-refractivity contribution in [1.82, 2.24) is 0 Å². The van der Waals surface area contributed by atoms with Gasteiger partial charge in [-0.1, -0.05) is 0 Å². The number of hydrogen-bond acceptors (Lipinski definition) is 4. The summed E-state index contributed by atoms with van der Waals surface area (Å²) in [5.41, 5.74) is 0.644. The van der Waals surface area contributed by atoms with Crippen molar-refractivity contribution in [1.29, 1.82) is 0 Å². The maximum atomic E-state index is 10.1. The summed E-state index contributed by atoms with van der Waals surface area (Å²) in [5.74, 6) is 4.16.